The zero-order chi connectivity index (χ0) is 18.3. The van der Waals surface area contributed by atoms with Crippen molar-refractivity contribution in [2.24, 2.45) is 0 Å². The number of sulfonamides is 1. The van der Waals surface area contributed by atoms with Crippen molar-refractivity contribution in [3.05, 3.63) is 52.5 Å². The summed E-state index contributed by atoms with van der Waals surface area (Å²) >= 11 is 13.5. The lowest BCUT2D eigenvalue weighted by atomic mass is 10.3. The molecule has 0 spiro atoms. The molecule has 4 rings (SSSR count). The minimum Gasteiger partial charge on any atom is -0.345 e. The van der Waals surface area contributed by atoms with Crippen molar-refractivity contribution in [3.8, 4) is 0 Å². The van der Waals surface area contributed by atoms with Gasteiger partial charge in [0.1, 0.15) is 0 Å². The number of piperazine rings is 1. The normalized spacial score (nSPS) is 16.3. The van der Waals surface area contributed by atoms with Gasteiger partial charge in [-0.25, -0.2) is 13.4 Å². The van der Waals surface area contributed by atoms with E-state index in [1.54, 1.807) is 11.3 Å². The number of fused-ring (bicyclic) bond motifs is 1. The number of hydrogen-bond acceptors (Lipinski definition) is 5. The average molecular weight is 428 g/mol. The van der Waals surface area contributed by atoms with Crippen LogP contribution in [-0.4, -0.2) is 43.9 Å². The second-order valence-corrected chi connectivity index (χ2v) is 9.69. The van der Waals surface area contributed by atoms with Gasteiger partial charge in [-0.1, -0.05) is 46.7 Å². The van der Waals surface area contributed by atoms with Gasteiger partial charge in [0.2, 0.25) is 10.0 Å². The predicted molar refractivity (Wildman–Crippen MR) is 107 cm³/mol. The second-order valence-electron chi connectivity index (χ2n) is 5.93. The summed E-state index contributed by atoms with van der Waals surface area (Å²) < 4.78 is 28.3. The first-order valence-electron chi connectivity index (χ1n) is 8.01. The molecule has 1 fully saturated rings. The van der Waals surface area contributed by atoms with Gasteiger partial charge in [-0.2, -0.15) is 4.31 Å². The van der Waals surface area contributed by atoms with Crippen LogP contribution < -0.4 is 4.90 Å². The molecule has 0 unspecified atom stereocenters. The molecule has 1 aromatic heterocycles. The molecule has 0 saturated carbocycles. The summed E-state index contributed by atoms with van der Waals surface area (Å²) in [6.45, 7) is 2.00. The zero-order valence-electron chi connectivity index (χ0n) is 13.6. The zero-order valence-corrected chi connectivity index (χ0v) is 16.7. The third-order valence-electron chi connectivity index (χ3n) is 4.32. The van der Waals surface area contributed by atoms with Crippen LogP contribution in [0.3, 0.4) is 0 Å². The van der Waals surface area contributed by atoms with Crippen molar-refractivity contribution in [1.82, 2.24) is 9.29 Å². The topological polar surface area (TPSA) is 53.5 Å². The molecular formula is C17H15Cl2N3O2S2. The van der Waals surface area contributed by atoms with Crippen molar-refractivity contribution in [2.45, 2.75) is 4.90 Å². The van der Waals surface area contributed by atoms with Crippen molar-refractivity contribution in [3.63, 3.8) is 0 Å². The van der Waals surface area contributed by atoms with Gasteiger partial charge in [-0.3, -0.25) is 0 Å². The molecule has 9 heteroatoms. The van der Waals surface area contributed by atoms with Crippen molar-refractivity contribution >= 4 is 59.9 Å². The number of thiazole rings is 1. The molecule has 26 heavy (non-hydrogen) atoms. The van der Waals surface area contributed by atoms with Crippen molar-refractivity contribution < 1.29 is 8.42 Å². The molecule has 0 radical (unpaired) electrons. The summed E-state index contributed by atoms with van der Waals surface area (Å²) in [6, 6.07) is 12.4. The standard InChI is InChI=1S/C17H15Cl2N3O2S2/c18-13-6-5-12(11-14(13)19)26(23,24)22-9-7-21(8-10-22)17-20-15-3-1-2-4-16(15)25-17/h1-6,11H,7-10H2. The van der Waals surface area contributed by atoms with Crippen molar-refractivity contribution in [2.75, 3.05) is 31.1 Å². The van der Waals surface area contributed by atoms with Gasteiger partial charge in [-0.15, -0.1) is 0 Å². The number of halogens is 2. The van der Waals surface area contributed by atoms with E-state index in [4.69, 9.17) is 23.2 Å². The fourth-order valence-electron chi connectivity index (χ4n) is 2.90. The highest BCUT2D eigenvalue weighted by molar-refractivity contribution is 7.89. The van der Waals surface area contributed by atoms with E-state index in [0.29, 0.717) is 31.2 Å². The van der Waals surface area contributed by atoms with E-state index in [9.17, 15) is 8.42 Å². The monoisotopic (exact) mass is 427 g/mol. The highest BCUT2D eigenvalue weighted by Crippen LogP contribution is 2.31. The Morgan fingerprint density at radius 2 is 1.69 bits per heavy atom. The number of aromatic nitrogens is 1. The van der Waals surface area contributed by atoms with E-state index in [1.165, 1.54) is 22.5 Å². The quantitative estimate of drug-likeness (QED) is 0.630. The second kappa shape index (κ2) is 6.98. The van der Waals surface area contributed by atoms with Gasteiger partial charge in [0.05, 0.1) is 25.2 Å². The Bertz CT molecular complexity index is 1030. The largest absolute Gasteiger partial charge is 0.345 e. The summed E-state index contributed by atoms with van der Waals surface area (Å²) in [4.78, 5) is 6.94. The van der Waals surface area contributed by atoms with Crippen LogP contribution in [-0.2, 0) is 10.0 Å². The molecule has 2 aromatic carbocycles. The third-order valence-corrected chi connectivity index (χ3v) is 8.05. The van der Waals surface area contributed by atoms with Gasteiger partial charge in [-0.05, 0) is 30.3 Å². The van der Waals surface area contributed by atoms with Gasteiger partial charge in [0.25, 0.3) is 0 Å². The molecule has 1 saturated heterocycles. The van der Waals surface area contributed by atoms with Crippen LogP contribution in [0.25, 0.3) is 10.2 Å². The highest BCUT2D eigenvalue weighted by Gasteiger charge is 2.29. The lowest BCUT2D eigenvalue weighted by Gasteiger charge is -2.33. The minimum absolute atomic E-state index is 0.167. The van der Waals surface area contributed by atoms with Crippen LogP contribution in [0.15, 0.2) is 47.4 Å². The summed E-state index contributed by atoms with van der Waals surface area (Å²) in [5.41, 5.74) is 0.971. The van der Waals surface area contributed by atoms with Crippen LogP contribution in [0.2, 0.25) is 10.0 Å². The van der Waals surface area contributed by atoms with E-state index in [1.807, 2.05) is 24.3 Å². The number of hydrogen-bond donors (Lipinski definition) is 0. The van der Waals surface area contributed by atoms with Gasteiger partial charge >= 0.3 is 0 Å². The third kappa shape index (κ3) is 3.30. The SMILES string of the molecule is O=S(=O)(c1ccc(Cl)c(Cl)c1)N1CCN(c2nc3ccccc3s2)CC1. The van der Waals surface area contributed by atoms with Crippen LogP contribution >= 0.6 is 34.5 Å². The van der Waals surface area contributed by atoms with Crippen LogP contribution in [0.1, 0.15) is 0 Å². The molecule has 5 nitrogen and oxygen atoms in total. The number of rotatable bonds is 3. The maximum atomic E-state index is 12.8. The molecule has 136 valence electrons. The van der Waals surface area contributed by atoms with E-state index in [0.717, 1.165) is 15.3 Å². The molecule has 1 aliphatic heterocycles. The van der Waals surface area contributed by atoms with Gasteiger partial charge in [0.15, 0.2) is 5.13 Å². The Morgan fingerprint density at radius 1 is 0.962 bits per heavy atom. The van der Waals surface area contributed by atoms with E-state index >= 15 is 0 Å². The number of para-hydroxylation sites is 1. The Morgan fingerprint density at radius 3 is 2.38 bits per heavy atom. The summed E-state index contributed by atoms with van der Waals surface area (Å²) in [5.74, 6) is 0. The number of benzene rings is 2. The molecule has 0 aliphatic carbocycles. The molecule has 0 atom stereocenters. The molecule has 1 aliphatic rings. The summed E-state index contributed by atoms with van der Waals surface area (Å²) in [5, 5.41) is 1.50. The molecular weight excluding hydrogens is 413 g/mol. The summed E-state index contributed by atoms with van der Waals surface area (Å²) in [7, 11) is -3.58. The van der Waals surface area contributed by atoms with Gasteiger partial charge in [0, 0.05) is 26.2 Å². The van der Waals surface area contributed by atoms with E-state index in [2.05, 4.69) is 9.88 Å². The first kappa shape index (κ1) is 18.0. The first-order valence-corrected chi connectivity index (χ1v) is 11.0. The van der Waals surface area contributed by atoms with Crippen LogP contribution in [0.5, 0.6) is 0 Å². The number of anilines is 1. The molecule has 3 aromatic rings. The fraction of sp³-hybridized carbons (Fsp3) is 0.235. The summed E-state index contributed by atoms with van der Waals surface area (Å²) in [6.07, 6.45) is 0. The Balaban J connectivity index is 1.51. The lowest BCUT2D eigenvalue weighted by Crippen LogP contribution is -2.48. The smallest absolute Gasteiger partial charge is 0.243 e. The predicted octanol–water partition coefficient (Wildman–Crippen LogP) is 4.11. The maximum absolute atomic E-state index is 12.8. The average Bonchev–Trinajstić information content (AvgIpc) is 3.08. The minimum atomic E-state index is -3.58. The molecule has 2 heterocycles. The van der Waals surface area contributed by atoms with Crippen LogP contribution in [0.4, 0.5) is 5.13 Å². The maximum Gasteiger partial charge on any atom is 0.243 e. The lowest BCUT2D eigenvalue weighted by molar-refractivity contribution is 0.385. The number of nitrogens with zero attached hydrogens (tertiary/aromatic N) is 3. The van der Waals surface area contributed by atoms with Gasteiger partial charge < -0.3 is 4.90 Å². The fourth-order valence-corrected chi connectivity index (χ4v) is 5.73. The van der Waals surface area contributed by atoms with Crippen LogP contribution in [0, 0.1) is 0 Å². The highest BCUT2D eigenvalue weighted by atomic mass is 35.5. The Labute approximate surface area is 165 Å². The molecule has 0 N–H and O–H groups in total. The van der Waals surface area contributed by atoms with E-state index in [-0.39, 0.29) is 9.92 Å². The first-order chi connectivity index (χ1) is 12.4. The van der Waals surface area contributed by atoms with E-state index < -0.39 is 10.0 Å². The van der Waals surface area contributed by atoms with Crippen molar-refractivity contribution in [1.29, 1.82) is 0 Å². The Hall–Kier alpha value is -1.38. The molecule has 0 amide bonds. The molecule has 0 bridgehead atoms. The Kier molecular flexibility index (Phi) is 4.83.